The number of nitrogens with zero attached hydrogens (tertiary/aromatic N) is 4. The molecule has 0 atom stereocenters. The number of hydrogen-bond acceptors (Lipinski definition) is 7. The Bertz CT molecular complexity index is 1130. The number of thiophene rings is 1. The molecule has 0 aromatic carbocycles. The molecule has 3 aromatic rings. The lowest BCUT2D eigenvalue weighted by molar-refractivity contribution is 0.0805. The van der Waals surface area contributed by atoms with Gasteiger partial charge in [0.15, 0.2) is 0 Å². The summed E-state index contributed by atoms with van der Waals surface area (Å²) in [4.78, 5) is 27.6. The van der Waals surface area contributed by atoms with Crippen molar-refractivity contribution in [1.29, 1.82) is 0 Å². The van der Waals surface area contributed by atoms with Gasteiger partial charge in [-0.25, -0.2) is 9.97 Å². The summed E-state index contributed by atoms with van der Waals surface area (Å²) in [5, 5.41) is 7.93. The number of hydrogen-bond donors (Lipinski definition) is 2. The average molecular weight is 479 g/mol. The van der Waals surface area contributed by atoms with Crippen molar-refractivity contribution >= 4 is 44.7 Å². The van der Waals surface area contributed by atoms with Crippen LogP contribution in [0.5, 0.6) is 0 Å². The predicted molar refractivity (Wildman–Crippen MR) is 141 cm³/mol. The summed E-state index contributed by atoms with van der Waals surface area (Å²) in [6.07, 6.45) is 9.91. The Morgan fingerprint density at radius 1 is 1.15 bits per heavy atom. The second-order valence-electron chi connectivity index (χ2n) is 9.33. The molecule has 1 aliphatic heterocycles. The Kier molecular flexibility index (Phi) is 6.97. The molecule has 2 aliphatic rings. The van der Waals surface area contributed by atoms with E-state index in [1.807, 2.05) is 37.3 Å². The number of amides is 1. The van der Waals surface area contributed by atoms with Gasteiger partial charge in [-0.15, -0.1) is 11.3 Å². The summed E-state index contributed by atoms with van der Waals surface area (Å²) in [6.45, 7) is 6.75. The first-order valence-corrected chi connectivity index (χ1v) is 13.3. The predicted octanol–water partition coefficient (Wildman–Crippen LogP) is 4.98. The van der Waals surface area contributed by atoms with Gasteiger partial charge in [-0.3, -0.25) is 4.79 Å². The van der Waals surface area contributed by atoms with E-state index in [-0.39, 0.29) is 5.91 Å². The van der Waals surface area contributed by atoms with Gasteiger partial charge in [0.25, 0.3) is 5.91 Å². The van der Waals surface area contributed by atoms with E-state index in [1.54, 1.807) is 11.3 Å². The van der Waals surface area contributed by atoms with Crippen molar-refractivity contribution in [1.82, 2.24) is 20.2 Å². The van der Waals surface area contributed by atoms with Crippen molar-refractivity contribution in [3.63, 3.8) is 0 Å². The average Bonchev–Trinajstić information content (AvgIpc) is 3.28. The third-order valence-electron chi connectivity index (χ3n) is 7.13. The minimum absolute atomic E-state index is 0.129. The van der Waals surface area contributed by atoms with Crippen LogP contribution in [0, 0.1) is 0 Å². The maximum absolute atomic E-state index is 13.2. The number of aromatic nitrogens is 2. The number of pyridine rings is 2. The molecule has 0 bridgehead atoms. The second-order valence-corrected chi connectivity index (χ2v) is 10.4. The van der Waals surface area contributed by atoms with E-state index >= 15 is 0 Å². The van der Waals surface area contributed by atoms with E-state index in [4.69, 9.17) is 0 Å². The lowest BCUT2D eigenvalue weighted by atomic mass is 9.82. The van der Waals surface area contributed by atoms with E-state index in [9.17, 15) is 4.79 Å². The molecule has 1 saturated heterocycles. The van der Waals surface area contributed by atoms with Crippen LogP contribution in [0.3, 0.4) is 0 Å². The molecule has 7 nitrogen and oxygen atoms in total. The number of nitrogens with one attached hydrogen (secondary N) is 2. The normalized spacial score (nSPS) is 17.2. The van der Waals surface area contributed by atoms with Crippen molar-refractivity contribution in [2.24, 2.45) is 0 Å². The quantitative estimate of drug-likeness (QED) is 0.520. The maximum atomic E-state index is 13.2. The molecule has 3 aromatic heterocycles. The van der Waals surface area contributed by atoms with Crippen molar-refractivity contribution in [3.05, 3.63) is 41.0 Å². The number of fused-ring (bicyclic) bond motifs is 1. The van der Waals surface area contributed by atoms with Crippen molar-refractivity contribution in [3.8, 4) is 0 Å². The summed E-state index contributed by atoms with van der Waals surface area (Å²) in [7, 11) is 1.89. The number of anilines is 3. The molecule has 0 spiro atoms. The summed E-state index contributed by atoms with van der Waals surface area (Å²) in [5.74, 6) is 2.12. The molecule has 2 N–H and O–H groups in total. The lowest BCUT2D eigenvalue weighted by Crippen LogP contribution is -2.43. The van der Waals surface area contributed by atoms with E-state index in [1.165, 1.54) is 30.2 Å². The zero-order valence-corrected chi connectivity index (χ0v) is 21.0. The van der Waals surface area contributed by atoms with Gasteiger partial charge in [-0.05, 0) is 49.4 Å². The Morgan fingerprint density at radius 2 is 1.91 bits per heavy atom. The highest BCUT2D eigenvalue weighted by atomic mass is 32.1. The van der Waals surface area contributed by atoms with Crippen LogP contribution in [0.15, 0.2) is 30.6 Å². The van der Waals surface area contributed by atoms with Crippen molar-refractivity contribution in [2.75, 3.05) is 50.0 Å². The molecule has 1 aliphatic carbocycles. The van der Waals surface area contributed by atoms with E-state index < -0.39 is 0 Å². The second kappa shape index (κ2) is 10.3. The number of rotatable bonds is 6. The zero-order chi connectivity index (χ0) is 23.5. The molecular weight excluding hydrogens is 444 g/mol. The third kappa shape index (κ3) is 4.74. The first-order valence-electron chi connectivity index (χ1n) is 12.5. The topological polar surface area (TPSA) is 73.4 Å². The molecule has 34 heavy (non-hydrogen) atoms. The molecule has 2 fully saturated rings. The van der Waals surface area contributed by atoms with Crippen LogP contribution < -0.4 is 15.5 Å². The van der Waals surface area contributed by atoms with Gasteiger partial charge >= 0.3 is 0 Å². The van der Waals surface area contributed by atoms with Gasteiger partial charge in [0.1, 0.15) is 11.6 Å². The smallest absolute Gasteiger partial charge is 0.263 e. The highest BCUT2D eigenvalue weighted by Gasteiger charge is 2.28. The highest BCUT2D eigenvalue weighted by molar-refractivity contribution is 7.21. The molecule has 5 rings (SSSR count). The highest BCUT2D eigenvalue weighted by Crippen LogP contribution is 2.43. The monoisotopic (exact) mass is 478 g/mol. The maximum Gasteiger partial charge on any atom is 0.263 e. The van der Waals surface area contributed by atoms with Crippen LogP contribution >= 0.6 is 11.3 Å². The number of carbonyl (C=O) groups is 1. The molecule has 1 amide bonds. The molecular formula is C26H34N6OS. The minimum Gasteiger partial charge on any atom is -0.368 e. The first kappa shape index (κ1) is 23.1. The largest absolute Gasteiger partial charge is 0.368 e. The fourth-order valence-corrected chi connectivity index (χ4v) is 6.30. The van der Waals surface area contributed by atoms with Gasteiger partial charge in [-0.2, -0.15) is 0 Å². The standard InChI is InChI=1S/C26H34N6OS/c1-3-31(2)26(33)25-24(18-7-5-4-6-8-18)20-15-23(29-17-21(20)34-25)30-22-10-9-19(16-28-22)32-13-11-27-12-14-32/h9-10,15-18,27H,3-8,11-14H2,1-2H3,(H,28,29,30). The van der Waals surface area contributed by atoms with Gasteiger partial charge < -0.3 is 20.4 Å². The molecule has 1 saturated carbocycles. The fourth-order valence-electron chi connectivity index (χ4n) is 5.06. The molecule has 0 radical (unpaired) electrons. The van der Waals surface area contributed by atoms with Crippen molar-refractivity contribution in [2.45, 2.75) is 44.9 Å². The van der Waals surface area contributed by atoms with E-state index in [0.29, 0.717) is 12.5 Å². The van der Waals surface area contributed by atoms with Crippen LogP contribution in [0.25, 0.3) is 10.1 Å². The Hall–Kier alpha value is -2.71. The van der Waals surface area contributed by atoms with Crippen LogP contribution in [-0.4, -0.2) is 60.5 Å². The van der Waals surface area contributed by atoms with E-state index in [0.717, 1.165) is 65.9 Å². The minimum atomic E-state index is 0.129. The lowest BCUT2D eigenvalue weighted by Gasteiger charge is -2.29. The Morgan fingerprint density at radius 3 is 2.62 bits per heavy atom. The fraction of sp³-hybridized carbons (Fsp3) is 0.500. The molecule has 0 unspecified atom stereocenters. The number of carbonyl (C=O) groups excluding carboxylic acids is 1. The summed E-state index contributed by atoms with van der Waals surface area (Å²) in [6, 6.07) is 6.25. The van der Waals surface area contributed by atoms with Gasteiger partial charge in [0.2, 0.25) is 0 Å². The van der Waals surface area contributed by atoms with Crippen molar-refractivity contribution < 1.29 is 4.79 Å². The first-order chi connectivity index (χ1) is 16.6. The van der Waals surface area contributed by atoms with Crippen LogP contribution in [-0.2, 0) is 0 Å². The SMILES string of the molecule is CCN(C)C(=O)c1sc2cnc(Nc3ccc(N4CCNCC4)cn3)cc2c1C1CCCCC1. The third-order valence-corrected chi connectivity index (χ3v) is 8.27. The van der Waals surface area contributed by atoms with Crippen LogP contribution in [0.1, 0.15) is 60.2 Å². The van der Waals surface area contributed by atoms with Gasteiger partial charge in [-0.1, -0.05) is 19.3 Å². The van der Waals surface area contributed by atoms with E-state index in [2.05, 4.69) is 37.6 Å². The summed E-state index contributed by atoms with van der Waals surface area (Å²) < 4.78 is 1.08. The van der Waals surface area contributed by atoms with Gasteiger partial charge in [0.05, 0.1) is 21.5 Å². The summed E-state index contributed by atoms with van der Waals surface area (Å²) >= 11 is 1.59. The molecule has 4 heterocycles. The van der Waals surface area contributed by atoms with Crippen LogP contribution in [0.2, 0.25) is 0 Å². The molecule has 180 valence electrons. The zero-order valence-electron chi connectivity index (χ0n) is 20.1. The Balaban J connectivity index is 1.44. The summed E-state index contributed by atoms with van der Waals surface area (Å²) in [5.41, 5.74) is 2.38. The van der Waals surface area contributed by atoms with Crippen LogP contribution in [0.4, 0.5) is 17.3 Å². The van der Waals surface area contributed by atoms with Gasteiger partial charge in [0, 0.05) is 51.4 Å². The number of piperazine rings is 1. The molecule has 8 heteroatoms. The Labute approximate surface area is 205 Å².